The molecule has 1 spiro atoms. The number of hydrogen-bond acceptors (Lipinski definition) is 2. The van der Waals surface area contributed by atoms with E-state index in [1.165, 1.54) is 0 Å². The van der Waals surface area contributed by atoms with Crippen LogP contribution in [0, 0.1) is 11.3 Å². The molecule has 2 rings (SSSR count). The summed E-state index contributed by atoms with van der Waals surface area (Å²) in [5.41, 5.74) is 0.295. The van der Waals surface area contributed by atoms with Crippen LogP contribution in [-0.4, -0.2) is 24.3 Å². The first-order chi connectivity index (χ1) is 4.72. The quantitative estimate of drug-likeness (QED) is 0.437. The summed E-state index contributed by atoms with van der Waals surface area (Å²) in [6.45, 7) is 1.58. The molecule has 0 atom stereocenters. The average molecular weight is 165 g/mol. The first-order valence-corrected chi connectivity index (χ1v) is 3.52. The van der Waals surface area contributed by atoms with Crippen LogP contribution in [0.2, 0.25) is 0 Å². The Bertz CT molecular complexity index is 169. The molecule has 56 valence electrons. The maximum absolute atomic E-state index is 10.4. The Balaban J connectivity index is 0.000000605. The molecule has 3 nitrogen and oxygen atoms in total. The van der Waals surface area contributed by atoms with Gasteiger partial charge < -0.3 is 9.84 Å². The molecular weight excluding hydrogens is 155 g/mol. The zero-order chi connectivity index (χ0) is 7.19. The van der Waals surface area contributed by atoms with E-state index in [0.717, 1.165) is 26.1 Å². The monoisotopic (exact) mass is 165 g/mol. The average Bonchev–Trinajstić information content (AvgIpc) is 1.54. The van der Waals surface area contributed by atoms with Crippen molar-refractivity contribution in [2.75, 3.05) is 13.2 Å². The topological polar surface area (TPSA) is 46.5 Å². The number of hydrogen-bond donors (Lipinski definition) is 1. The minimum absolute atomic E-state index is 0. The molecule has 1 heterocycles. The van der Waals surface area contributed by atoms with Gasteiger partial charge in [-0.3, -0.25) is 4.79 Å². The largest absolute Gasteiger partial charge is 1.00 e. The van der Waals surface area contributed by atoms with Gasteiger partial charge in [-0.05, 0) is 12.8 Å². The van der Waals surface area contributed by atoms with E-state index in [1.807, 2.05) is 0 Å². The summed E-state index contributed by atoms with van der Waals surface area (Å²) in [6.07, 6.45) is 1.67. The maximum Gasteiger partial charge on any atom is 1.00 e. The van der Waals surface area contributed by atoms with Crippen LogP contribution < -0.4 is 29.6 Å². The van der Waals surface area contributed by atoms with Gasteiger partial charge >= 0.3 is 35.5 Å². The fourth-order valence-corrected chi connectivity index (χ4v) is 1.79. The van der Waals surface area contributed by atoms with Gasteiger partial charge in [-0.1, -0.05) is 0 Å². The smallest absolute Gasteiger partial charge is 0.481 e. The van der Waals surface area contributed by atoms with Gasteiger partial charge in [0.1, 0.15) is 0 Å². The van der Waals surface area contributed by atoms with Crippen LogP contribution in [0.5, 0.6) is 0 Å². The molecule has 0 aromatic rings. The zero-order valence-corrected chi connectivity index (χ0v) is 8.67. The van der Waals surface area contributed by atoms with Gasteiger partial charge in [0.25, 0.3) is 0 Å². The molecule has 2 fully saturated rings. The molecule has 0 unspecified atom stereocenters. The fraction of sp³-hybridized carbons (Fsp3) is 0.857. The van der Waals surface area contributed by atoms with Gasteiger partial charge in [-0.25, -0.2) is 0 Å². The van der Waals surface area contributed by atoms with E-state index in [-0.39, 0.29) is 35.5 Å². The first-order valence-electron chi connectivity index (χ1n) is 3.52. The van der Waals surface area contributed by atoms with Crippen LogP contribution in [0.25, 0.3) is 0 Å². The third kappa shape index (κ3) is 1.47. The van der Waals surface area contributed by atoms with Gasteiger partial charge in [0.2, 0.25) is 0 Å². The van der Waals surface area contributed by atoms with Crippen LogP contribution in [-0.2, 0) is 9.53 Å². The fourth-order valence-electron chi connectivity index (χ4n) is 1.79. The summed E-state index contributed by atoms with van der Waals surface area (Å²) >= 11 is 0. The molecule has 2 aliphatic rings. The van der Waals surface area contributed by atoms with Crippen molar-refractivity contribution in [1.29, 1.82) is 0 Å². The van der Waals surface area contributed by atoms with Crippen LogP contribution in [0.3, 0.4) is 0 Å². The van der Waals surface area contributed by atoms with Gasteiger partial charge in [0, 0.05) is 5.41 Å². The predicted molar refractivity (Wildman–Crippen MR) is 33.6 cm³/mol. The molecule has 1 aliphatic carbocycles. The molecule has 1 saturated heterocycles. The van der Waals surface area contributed by atoms with Gasteiger partial charge in [0.15, 0.2) is 0 Å². The van der Waals surface area contributed by atoms with Gasteiger partial charge in [-0.15, -0.1) is 0 Å². The maximum atomic E-state index is 10.4. The molecule has 1 aliphatic heterocycles. The Morgan fingerprint density at radius 2 is 2.00 bits per heavy atom. The Morgan fingerprint density at radius 3 is 2.27 bits per heavy atom. The predicted octanol–water partition coefficient (Wildman–Crippen LogP) is -2.50. The Labute approximate surface area is 87.4 Å². The van der Waals surface area contributed by atoms with E-state index in [0.29, 0.717) is 5.41 Å². The number of carboxylic acids is 1. The van der Waals surface area contributed by atoms with Crippen LogP contribution >= 0.6 is 0 Å². The van der Waals surface area contributed by atoms with E-state index < -0.39 is 5.97 Å². The Kier molecular flexibility index (Phi) is 2.64. The van der Waals surface area contributed by atoms with E-state index in [2.05, 4.69) is 0 Å². The SMILES string of the molecule is O=C(O)C1CC2(COC2)C1.[Na+]. The summed E-state index contributed by atoms with van der Waals surface area (Å²) < 4.78 is 5.02. The molecular formula is C7H10NaO3+. The Hall–Kier alpha value is 0.430. The number of carboxylic acid groups (broad SMARTS) is 1. The van der Waals surface area contributed by atoms with Crippen molar-refractivity contribution < 1.29 is 44.2 Å². The molecule has 0 amide bonds. The van der Waals surface area contributed by atoms with Crippen LogP contribution in [0.15, 0.2) is 0 Å². The van der Waals surface area contributed by atoms with E-state index in [1.54, 1.807) is 0 Å². The third-order valence-electron chi connectivity index (χ3n) is 2.52. The second-order valence-electron chi connectivity index (χ2n) is 3.44. The van der Waals surface area contributed by atoms with Crippen molar-refractivity contribution in [2.45, 2.75) is 12.8 Å². The summed E-state index contributed by atoms with van der Waals surface area (Å²) in [5, 5.41) is 8.54. The van der Waals surface area contributed by atoms with Crippen molar-refractivity contribution in [1.82, 2.24) is 0 Å². The minimum Gasteiger partial charge on any atom is -0.481 e. The Morgan fingerprint density at radius 1 is 1.45 bits per heavy atom. The van der Waals surface area contributed by atoms with Crippen molar-refractivity contribution in [3.8, 4) is 0 Å². The summed E-state index contributed by atoms with van der Waals surface area (Å²) in [6, 6.07) is 0. The van der Waals surface area contributed by atoms with Gasteiger partial charge in [-0.2, -0.15) is 0 Å². The molecule has 0 aromatic heterocycles. The zero-order valence-electron chi connectivity index (χ0n) is 6.67. The second kappa shape index (κ2) is 3.05. The number of ether oxygens (including phenoxy) is 1. The van der Waals surface area contributed by atoms with Crippen molar-refractivity contribution in [3.63, 3.8) is 0 Å². The molecule has 0 radical (unpaired) electrons. The molecule has 1 N–H and O–H groups in total. The normalized spacial score (nSPS) is 26.5. The van der Waals surface area contributed by atoms with Crippen molar-refractivity contribution in [2.24, 2.45) is 11.3 Å². The summed E-state index contributed by atoms with van der Waals surface area (Å²) in [7, 11) is 0. The number of aliphatic carboxylic acids is 1. The molecule has 1 saturated carbocycles. The molecule has 4 heteroatoms. The third-order valence-corrected chi connectivity index (χ3v) is 2.52. The summed E-state index contributed by atoms with van der Waals surface area (Å²) in [5.74, 6) is -0.721. The van der Waals surface area contributed by atoms with Crippen molar-refractivity contribution in [3.05, 3.63) is 0 Å². The van der Waals surface area contributed by atoms with Gasteiger partial charge in [0.05, 0.1) is 19.1 Å². The van der Waals surface area contributed by atoms with E-state index in [9.17, 15) is 4.79 Å². The first kappa shape index (κ1) is 9.52. The van der Waals surface area contributed by atoms with Crippen LogP contribution in [0.1, 0.15) is 12.8 Å². The van der Waals surface area contributed by atoms with Crippen molar-refractivity contribution >= 4 is 5.97 Å². The van der Waals surface area contributed by atoms with Crippen LogP contribution in [0.4, 0.5) is 0 Å². The van der Waals surface area contributed by atoms with E-state index in [4.69, 9.17) is 9.84 Å². The molecule has 0 bridgehead atoms. The standard InChI is InChI=1S/C7H10O3.Na/c8-6(9)5-1-7(2-5)3-10-4-7;/h5H,1-4H2,(H,8,9);/q;+1. The molecule has 11 heavy (non-hydrogen) atoms. The number of rotatable bonds is 1. The molecule has 0 aromatic carbocycles. The van der Waals surface area contributed by atoms with E-state index >= 15 is 0 Å². The minimum atomic E-state index is -0.641. The number of carbonyl (C=O) groups is 1. The second-order valence-corrected chi connectivity index (χ2v) is 3.44. The summed E-state index contributed by atoms with van der Waals surface area (Å²) in [4.78, 5) is 10.4.